The van der Waals surface area contributed by atoms with Crippen molar-refractivity contribution in [1.29, 1.82) is 5.26 Å². The maximum atomic E-state index is 7.21. The second kappa shape index (κ2) is 24.6. The fraction of sp³-hybridized carbons (Fsp3) is 0. The van der Waals surface area contributed by atoms with Crippen LogP contribution in [0, 0.1) is 10.2 Å². The number of rotatable bonds is 0. The summed E-state index contributed by atoms with van der Waals surface area (Å²) in [5, 5.41) is 7.21. The largest absolute Gasteiger partial charge is 0 e. The zero-order chi connectivity index (χ0) is 2.71. The molecule has 3 N–H and O–H groups in total. The van der Waals surface area contributed by atoms with Crippen molar-refractivity contribution in [2.24, 2.45) is 0 Å². The van der Waals surface area contributed by atoms with E-state index in [0.717, 1.165) is 0 Å². The van der Waals surface area contributed by atoms with Crippen LogP contribution in [0.1, 0.15) is 0 Å². The topological polar surface area (TPSA) is 58.8 Å². The summed E-state index contributed by atoms with van der Waals surface area (Å²) in [5.41, 5.74) is 0. The first-order valence-corrected chi connectivity index (χ1v) is 0.952. The molecule has 0 bridgehead atoms. The molecule has 0 unspecified atom stereocenters. The van der Waals surface area contributed by atoms with Crippen LogP contribution in [0.3, 0.4) is 0 Å². The molecule has 0 aliphatic carbocycles. The molecule has 0 fully saturated rings. The van der Waals surface area contributed by atoms with Gasteiger partial charge in [-0.05, 0) is 0 Å². The number of nitriles is 1. The van der Waals surface area contributed by atoms with Gasteiger partial charge < -0.3 is 6.15 Å². The Morgan fingerprint density at radius 3 is 1.60 bits per heavy atom. The monoisotopic (exact) mass is 155 g/mol. The van der Waals surface area contributed by atoms with E-state index in [-0.39, 0.29) is 23.2 Å². The Balaban J connectivity index is -0.0000000200. The minimum absolute atomic E-state index is 0. The van der Waals surface area contributed by atoms with E-state index < -0.39 is 0 Å². The molecule has 0 aromatic rings. The van der Waals surface area contributed by atoms with Crippen LogP contribution in [-0.4, -0.2) is 0 Å². The molecule has 0 rings (SSSR count). The van der Waals surface area contributed by atoms with Crippen molar-refractivity contribution in [3.05, 3.63) is 0 Å². The molecule has 0 aromatic carbocycles. The van der Waals surface area contributed by atoms with Crippen molar-refractivity contribution in [1.82, 2.24) is 6.15 Å². The Hall–Kier alpha value is 0.489. The minimum atomic E-state index is 0. The van der Waals surface area contributed by atoms with Gasteiger partial charge in [0.1, 0.15) is 0 Å². The second-order valence-electron chi connectivity index (χ2n) is 0.0791. The normalized spacial score (nSPS) is 1.60. The van der Waals surface area contributed by atoms with E-state index in [0.29, 0.717) is 0 Å². The van der Waals surface area contributed by atoms with Crippen LogP contribution in [0.4, 0.5) is 0 Å². The van der Waals surface area contributed by atoms with Crippen LogP contribution in [0.5, 0.6) is 0 Å². The summed E-state index contributed by atoms with van der Waals surface area (Å²) in [7, 11) is 0. The Kier molecular flexibility index (Phi) is 88.0. The molecule has 0 aromatic heterocycles. The smallest absolute Gasteiger partial charge is 0 e. The van der Waals surface area contributed by atoms with E-state index in [2.05, 4.69) is 16.0 Å². The molecule has 0 aliphatic rings. The van der Waals surface area contributed by atoms with Gasteiger partial charge in [-0.3, -0.25) is 0 Å². The summed E-state index contributed by atoms with van der Waals surface area (Å²) in [4.78, 5) is 1.50. The maximum Gasteiger partial charge on any atom is 0 e. The molecule has 33 valence electrons. The molecule has 0 heterocycles. The van der Waals surface area contributed by atoms with E-state index in [1.807, 2.05) is 0 Å². The standard InChI is InChI=1S/CN.2Fe.H3N/c1-2;;;/h;;;1H3. The van der Waals surface area contributed by atoms with E-state index in [9.17, 15) is 0 Å². The van der Waals surface area contributed by atoms with Gasteiger partial charge in [0.25, 0.3) is 0 Å². The Morgan fingerprint density at radius 2 is 1.60 bits per heavy atom. The van der Waals surface area contributed by atoms with Crippen molar-refractivity contribution in [3.8, 4) is 4.97 Å². The van der Waals surface area contributed by atoms with Crippen LogP contribution >= 0.6 is 0 Å². The first-order chi connectivity index (χ1) is 1.41. The summed E-state index contributed by atoms with van der Waals surface area (Å²) in [6.45, 7) is 0. The number of hydrogen-bond donors (Lipinski definition) is 1. The SMILES string of the molecule is N.N#[C][Fe].[Fe]. The molecule has 0 spiro atoms. The average molecular weight is 155 g/mol. The van der Waals surface area contributed by atoms with Crippen LogP contribution in [-0.2, 0) is 33.1 Å². The average Bonchev–Trinajstić information content (AvgIpc) is 0.918. The summed E-state index contributed by atoms with van der Waals surface area (Å²) < 4.78 is 0. The molecule has 0 atom stereocenters. The Morgan fingerprint density at radius 1 is 1.60 bits per heavy atom. The molecule has 0 amide bonds. The molecular formula is CH3Fe2N2. The molecule has 0 aliphatic heterocycles. The van der Waals surface area contributed by atoms with Crippen molar-refractivity contribution < 1.29 is 33.1 Å². The van der Waals surface area contributed by atoms with Gasteiger partial charge in [0.05, 0.1) is 0 Å². The summed E-state index contributed by atoms with van der Waals surface area (Å²) in [6.07, 6.45) is 0. The zero-order valence-electron chi connectivity index (χ0n) is 2.36. The van der Waals surface area contributed by atoms with Crippen molar-refractivity contribution >= 4 is 0 Å². The van der Waals surface area contributed by atoms with Gasteiger partial charge in [-0.15, -0.1) is 0 Å². The van der Waals surface area contributed by atoms with Crippen molar-refractivity contribution in [2.45, 2.75) is 0 Å². The Labute approximate surface area is 49.8 Å². The fourth-order valence-electron chi connectivity index (χ4n) is 0. The minimum Gasteiger partial charge on any atom is 0 e. The maximum absolute atomic E-state index is 7.21. The van der Waals surface area contributed by atoms with E-state index in [1.54, 1.807) is 0 Å². The first kappa shape index (κ1) is 17.9. The molecule has 5 heavy (non-hydrogen) atoms. The fourth-order valence-corrected chi connectivity index (χ4v) is 0. The third-order valence-corrected chi connectivity index (χ3v) is 0. The predicted octanol–water partition coefficient (Wildman–Crippen LogP) is 0.174. The van der Waals surface area contributed by atoms with Crippen LogP contribution in [0.2, 0.25) is 0 Å². The van der Waals surface area contributed by atoms with E-state index in [1.165, 1.54) is 4.97 Å². The summed E-state index contributed by atoms with van der Waals surface area (Å²) in [5.74, 6) is 0. The predicted molar refractivity (Wildman–Crippen MR) is 10.6 cm³/mol. The molecule has 2 nitrogen and oxygen atoms in total. The van der Waals surface area contributed by atoms with Crippen LogP contribution < -0.4 is 6.15 Å². The van der Waals surface area contributed by atoms with Crippen molar-refractivity contribution in [2.75, 3.05) is 0 Å². The molecule has 4 heteroatoms. The molecule has 0 saturated heterocycles. The molecule has 0 saturated carbocycles. The van der Waals surface area contributed by atoms with Crippen molar-refractivity contribution in [3.63, 3.8) is 0 Å². The quantitative estimate of drug-likeness (QED) is 0.506. The summed E-state index contributed by atoms with van der Waals surface area (Å²) >= 11 is 2.79. The third-order valence-electron chi connectivity index (χ3n) is 0. The van der Waals surface area contributed by atoms with Gasteiger partial charge in [0, 0.05) is 17.1 Å². The summed E-state index contributed by atoms with van der Waals surface area (Å²) in [6, 6.07) is 0. The van der Waals surface area contributed by atoms with Gasteiger partial charge in [-0.2, -0.15) is 0 Å². The molecular weight excluding hydrogens is 152 g/mol. The van der Waals surface area contributed by atoms with E-state index >= 15 is 0 Å². The van der Waals surface area contributed by atoms with Crippen LogP contribution in [0.15, 0.2) is 0 Å². The molecule has 0 radical (unpaired) electrons. The van der Waals surface area contributed by atoms with Gasteiger partial charge >= 0.3 is 26.2 Å². The van der Waals surface area contributed by atoms with E-state index in [4.69, 9.17) is 5.26 Å². The number of hydrogen-bond acceptors (Lipinski definition) is 2. The zero-order valence-corrected chi connectivity index (χ0v) is 4.57. The second-order valence-corrected chi connectivity index (χ2v) is 0.326. The van der Waals surface area contributed by atoms with Gasteiger partial charge in [0.15, 0.2) is 0 Å². The van der Waals surface area contributed by atoms with Gasteiger partial charge in [-0.1, -0.05) is 0 Å². The third kappa shape index (κ3) is 116. The first-order valence-electron chi connectivity index (χ1n) is 0.400. The Bertz CT molecular complexity index is 29.1. The number of nitrogens with zero attached hydrogens (tertiary/aromatic N) is 1. The van der Waals surface area contributed by atoms with Crippen LogP contribution in [0.25, 0.3) is 0 Å². The van der Waals surface area contributed by atoms with Gasteiger partial charge in [0.2, 0.25) is 0 Å². The van der Waals surface area contributed by atoms with Gasteiger partial charge in [-0.25, -0.2) is 0 Å².